The first-order valence-corrected chi connectivity index (χ1v) is 8.36. The molecule has 0 fully saturated rings. The summed E-state index contributed by atoms with van der Waals surface area (Å²) in [7, 11) is 0. The van der Waals surface area contributed by atoms with Gasteiger partial charge in [-0.05, 0) is 17.7 Å². The van der Waals surface area contributed by atoms with Crippen molar-refractivity contribution in [1.82, 2.24) is 0 Å². The Kier molecular flexibility index (Phi) is 2.14. The molecule has 0 aromatic heterocycles. The first-order valence-electron chi connectivity index (χ1n) is 8.36. The summed E-state index contributed by atoms with van der Waals surface area (Å²) in [6, 6.07) is 15.0. The number of para-hydroxylation sites is 2. The molecule has 6 rings (SSSR count). The molecule has 4 aliphatic heterocycles. The zero-order valence-corrected chi connectivity index (χ0v) is 13.1. The van der Waals surface area contributed by atoms with Gasteiger partial charge in [0.05, 0.1) is 23.6 Å². The van der Waals surface area contributed by atoms with Crippen LogP contribution in [0.4, 0.5) is 11.4 Å². The largest absolute Gasteiger partial charge is 0.364 e. The molecule has 1 spiro atoms. The molecule has 0 radical (unpaired) electrons. The van der Waals surface area contributed by atoms with Gasteiger partial charge in [0.25, 0.3) is 0 Å². The van der Waals surface area contributed by atoms with E-state index >= 15 is 0 Å². The van der Waals surface area contributed by atoms with Gasteiger partial charge >= 0.3 is 0 Å². The number of dihydropyridines is 1. The van der Waals surface area contributed by atoms with E-state index in [1.807, 2.05) is 6.21 Å². The number of nitrogens with zero attached hydrogens (tertiary/aromatic N) is 3. The van der Waals surface area contributed by atoms with Crippen molar-refractivity contribution in [3.05, 3.63) is 71.3 Å². The van der Waals surface area contributed by atoms with Crippen LogP contribution in [0.15, 0.2) is 64.6 Å². The van der Waals surface area contributed by atoms with Crippen LogP contribution >= 0.6 is 0 Å². The van der Waals surface area contributed by atoms with E-state index in [1.54, 1.807) is 0 Å². The lowest BCUT2D eigenvalue weighted by Crippen LogP contribution is -2.40. The minimum absolute atomic E-state index is 0.375. The van der Waals surface area contributed by atoms with E-state index in [0.717, 1.165) is 24.5 Å². The molecule has 0 aliphatic carbocycles. The predicted octanol–water partition coefficient (Wildman–Crippen LogP) is 3.98. The molecule has 1 unspecified atom stereocenters. The van der Waals surface area contributed by atoms with Crippen LogP contribution in [0, 0.1) is 0 Å². The molecule has 3 heteroatoms. The first-order chi connectivity index (χ1) is 11.9. The summed E-state index contributed by atoms with van der Waals surface area (Å²) in [5.74, 6) is 0. The van der Waals surface area contributed by atoms with Gasteiger partial charge in [-0.1, -0.05) is 48.6 Å². The highest BCUT2D eigenvalue weighted by Gasteiger charge is 2.50. The Labute approximate surface area is 140 Å². The lowest BCUT2D eigenvalue weighted by molar-refractivity contribution is 0.641. The van der Waals surface area contributed by atoms with Gasteiger partial charge in [0.2, 0.25) is 0 Å². The third-order valence-corrected chi connectivity index (χ3v) is 5.48. The zero-order chi connectivity index (χ0) is 15.7. The Bertz CT molecular complexity index is 1030. The predicted molar refractivity (Wildman–Crippen MR) is 99.4 cm³/mol. The second-order valence-corrected chi connectivity index (χ2v) is 6.72. The van der Waals surface area contributed by atoms with Gasteiger partial charge in [-0.2, -0.15) is 0 Å². The zero-order valence-electron chi connectivity index (χ0n) is 13.1. The van der Waals surface area contributed by atoms with E-state index in [2.05, 4.69) is 65.6 Å². The average Bonchev–Trinajstić information content (AvgIpc) is 3.16. The number of rotatable bonds is 0. The number of hydrogen-bond acceptors (Lipinski definition) is 3. The molecule has 2 aromatic rings. The molecular formula is C21H15N3. The van der Waals surface area contributed by atoms with E-state index in [0.29, 0.717) is 0 Å². The molecular weight excluding hydrogens is 294 g/mol. The van der Waals surface area contributed by atoms with E-state index in [9.17, 15) is 0 Å². The van der Waals surface area contributed by atoms with Crippen molar-refractivity contribution >= 4 is 35.0 Å². The Morgan fingerprint density at radius 3 is 3.00 bits per heavy atom. The number of fused-ring (bicyclic) bond motifs is 5. The molecule has 3 nitrogen and oxygen atoms in total. The highest BCUT2D eigenvalue weighted by Crippen LogP contribution is 2.52. The molecule has 0 amide bonds. The molecule has 114 valence electrons. The normalized spacial score (nSPS) is 24.6. The van der Waals surface area contributed by atoms with Crippen LogP contribution in [0.1, 0.15) is 16.7 Å². The van der Waals surface area contributed by atoms with Gasteiger partial charge < -0.3 is 4.90 Å². The Hall–Kier alpha value is -2.94. The fourth-order valence-electron chi connectivity index (χ4n) is 4.49. The average molecular weight is 309 g/mol. The second kappa shape index (κ2) is 4.12. The highest BCUT2D eigenvalue weighted by atomic mass is 15.2. The fraction of sp³-hybridized carbons (Fsp3) is 0.143. The van der Waals surface area contributed by atoms with Gasteiger partial charge in [0.1, 0.15) is 5.54 Å². The summed E-state index contributed by atoms with van der Waals surface area (Å²) in [6.07, 6.45) is 8.55. The molecule has 0 bridgehead atoms. The topological polar surface area (TPSA) is 28.0 Å². The van der Waals surface area contributed by atoms with Crippen molar-refractivity contribution in [2.45, 2.75) is 5.54 Å². The number of allylic oxidation sites excluding steroid dienone is 1. The molecule has 4 aliphatic rings. The molecule has 1 atom stereocenters. The van der Waals surface area contributed by atoms with Crippen molar-refractivity contribution in [2.75, 3.05) is 18.0 Å². The summed E-state index contributed by atoms with van der Waals surface area (Å²) in [6.45, 7) is 1.81. The van der Waals surface area contributed by atoms with Crippen LogP contribution in [0.3, 0.4) is 0 Å². The van der Waals surface area contributed by atoms with E-state index in [4.69, 9.17) is 9.98 Å². The van der Waals surface area contributed by atoms with Crippen LogP contribution in [-0.2, 0) is 5.54 Å². The monoisotopic (exact) mass is 309 g/mol. The summed E-state index contributed by atoms with van der Waals surface area (Å²) in [4.78, 5) is 12.4. The quantitative estimate of drug-likeness (QED) is 0.723. The van der Waals surface area contributed by atoms with E-state index < -0.39 is 0 Å². The van der Waals surface area contributed by atoms with E-state index in [1.165, 1.54) is 28.0 Å². The van der Waals surface area contributed by atoms with Crippen molar-refractivity contribution in [3.63, 3.8) is 0 Å². The van der Waals surface area contributed by atoms with Crippen molar-refractivity contribution in [3.8, 4) is 0 Å². The van der Waals surface area contributed by atoms with Crippen LogP contribution in [0.5, 0.6) is 0 Å². The maximum atomic E-state index is 5.01. The summed E-state index contributed by atoms with van der Waals surface area (Å²) < 4.78 is 0. The third-order valence-electron chi connectivity index (χ3n) is 5.48. The highest BCUT2D eigenvalue weighted by molar-refractivity contribution is 6.36. The van der Waals surface area contributed by atoms with Gasteiger partial charge in [-0.3, -0.25) is 4.99 Å². The molecule has 0 saturated heterocycles. The summed E-state index contributed by atoms with van der Waals surface area (Å²) in [5.41, 5.74) is 8.16. The van der Waals surface area contributed by atoms with Crippen molar-refractivity contribution in [2.24, 2.45) is 9.98 Å². The summed E-state index contributed by atoms with van der Waals surface area (Å²) in [5, 5.41) is 0. The smallest absolute Gasteiger partial charge is 0.147 e. The van der Waals surface area contributed by atoms with E-state index in [-0.39, 0.29) is 5.54 Å². The Morgan fingerprint density at radius 1 is 1.04 bits per heavy atom. The van der Waals surface area contributed by atoms with Gasteiger partial charge in [-0.15, -0.1) is 0 Å². The molecule has 24 heavy (non-hydrogen) atoms. The number of hydrogen-bond donors (Lipinski definition) is 0. The third kappa shape index (κ3) is 1.34. The summed E-state index contributed by atoms with van der Waals surface area (Å²) >= 11 is 0. The molecule has 4 heterocycles. The Balaban J connectivity index is 1.62. The SMILES string of the molecule is C1=Cc2cccc3c2N(C1)CC31N=CC=C2C1=Nc1ccccc12. The standard InChI is InChI=1S/C21H15N3/c1-2-9-18-15(7-1)16-10-11-22-21(20(16)23-18)13-24-12-4-6-14-5-3-8-17(21)19(14)24/h1-11H,12-13H2. The van der Waals surface area contributed by atoms with Crippen LogP contribution < -0.4 is 4.90 Å². The maximum absolute atomic E-state index is 5.01. The van der Waals surface area contributed by atoms with Crippen LogP contribution in [0.2, 0.25) is 0 Å². The number of anilines is 1. The Morgan fingerprint density at radius 2 is 2.00 bits per heavy atom. The van der Waals surface area contributed by atoms with Crippen LogP contribution in [0.25, 0.3) is 11.6 Å². The minimum atomic E-state index is -0.375. The van der Waals surface area contributed by atoms with Crippen molar-refractivity contribution < 1.29 is 0 Å². The molecule has 2 aromatic carbocycles. The lowest BCUT2D eigenvalue weighted by Gasteiger charge is -2.29. The maximum Gasteiger partial charge on any atom is 0.147 e. The number of benzene rings is 2. The van der Waals surface area contributed by atoms with Crippen LogP contribution in [-0.4, -0.2) is 25.0 Å². The van der Waals surface area contributed by atoms with Gasteiger partial charge in [-0.25, -0.2) is 4.99 Å². The fourth-order valence-corrected chi connectivity index (χ4v) is 4.49. The van der Waals surface area contributed by atoms with Crippen molar-refractivity contribution in [1.29, 1.82) is 0 Å². The molecule has 0 N–H and O–H groups in total. The minimum Gasteiger partial charge on any atom is -0.364 e. The molecule has 0 saturated carbocycles. The lowest BCUT2D eigenvalue weighted by atomic mass is 9.81. The first kappa shape index (κ1) is 12.5. The number of aliphatic imine (C=N–C) groups is 2. The van der Waals surface area contributed by atoms with Gasteiger partial charge in [0.15, 0.2) is 0 Å². The van der Waals surface area contributed by atoms with Gasteiger partial charge in [0, 0.05) is 29.5 Å². The second-order valence-electron chi connectivity index (χ2n) is 6.72.